The van der Waals surface area contributed by atoms with Crippen LogP contribution in [0.3, 0.4) is 0 Å². The van der Waals surface area contributed by atoms with Crippen LogP contribution < -0.4 is 15.9 Å². The van der Waals surface area contributed by atoms with Gasteiger partial charge in [0.15, 0.2) is 0 Å². The highest BCUT2D eigenvalue weighted by atomic mass is 16.5. The fraction of sp³-hybridized carbons (Fsp3) is 0.500. The number of hydrogen-bond donors (Lipinski definition) is 1. The van der Waals surface area contributed by atoms with Crippen molar-refractivity contribution in [3.8, 4) is 0 Å². The molecule has 0 aliphatic carbocycles. The molecule has 174 valence electrons. The second kappa shape index (κ2) is 9.07. The van der Waals surface area contributed by atoms with Crippen LogP contribution in [0.1, 0.15) is 35.2 Å². The molecule has 0 atom stereocenters. The number of amides is 1. The molecule has 2 N–H and O–H groups in total. The van der Waals surface area contributed by atoms with Crippen LogP contribution in [-0.4, -0.2) is 71.0 Å². The number of carbonyl (C=O) groups is 1. The lowest BCUT2D eigenvalue weighted by Crippen LogP contribution is -2.48. The van der Waals surface area contributed by atoms with E-state index >= 15 is 0 Å². The maximum absolute atomic E-state index is 13.5. The fourth-order valence-electron chi connectivity index (χ4n) is 4.84. The van der Waals surface area contributed by atoms with E-state index in [1.54, 1.807) is 16.7 Å². The van der Waals surface area contributed by atoms with E-state index in [0.29, 0.717) is 47.8 Å². The van der Waals surface area contributed by atoms with Gasteiger partial charge in [-0.05, 0) is 38.3 Å². The van der Waals surface area contributed by atoms with Gasteiger partial charge in [0.1, 0.15) is 10.9 Å². The first kappa shape index (κ1) is 21.8. The lowest BCUT2D eigenvalue weighted by molar-refractivity contribution is -0.658. The first-order valence-electron chi connectivity index (χ1n) is 11.8. The first-order chi connectivity index (χ1) is 16.0. The Hall–Kier alpha value is -3.04. The molecule has 0 aromatic carbocycles. The van der Waals surface area contributed by atoms with E-state index in [0.717, 1.165) is 57.5 Å². The van der Waals surface area contributed by atoms with E-state index in [1.807, 2.05) is 28.5 Å². The number of hydrogen-bond acceptors (Lipinski definition) is 6. The van der Waals surface area contributed by atoms with Gasteiger partial charge in [-0.3, -0.25) is 18.9 Å². The van der Waals surface area contributed by atoms with Crippen molar-refractivity contribution in [2.24, 2.45) is 0 Å². The number of carbonyl (C=O) groups excluding carboxylic acids is 1. The summed E-state index contributed by atoms with van der Waals surface area (Å²) in [5.74, 6) is 0.263. The van der Waals surface area contributed by atoms with Crippen LogP contribution in [-0.2, 0) is 11.3 Å². The molecule has 3 aromatic rings. The van der Waals surface area contributed by atoms with Gasteiger partial charge in [-0.1, -0.05) is 11.1 Å². The third kappa shape index (κ3) is 4.06. The third-order valence-electron chi connectivity index (χ3n) is 6.79. The summed E-state index contributed by atoms with van der Waals surface area (Å²) in [6.45, 7) is 7.77. The number of piperidine rings is 1. The fourth-order valence-corrected chi connectivity index (χ4v) is 4.84. The van der Waals surface area contributed by atoms with Crippen molar-refractivity contribution in [1.82, 2.24) is 19.2 Å². The Bertz CT molecular complexity index is 1260. The standard InChI is InChI=1S/C24H30N6O3/c1-17-6-5-9-30-21(17)26-22-19(24(30)32)16-18(23(31)28-7-3-2-4-8-28)20(25)29(22)11-10-27-12-14-33-15-13-27/h5-6,9,16,25H,2-4,7-8,10-15H2,1H3/p+1. The van der Waals surface area contributed by atoms with Gasteiger partial charge in [-0.25, -0.2) is 4.57 Å². The number of nitrogens with zero attached hydrogens (tertiary/aromatic N) is 5. The van der Waals surface area contributed by atoms with Gasteiger partial charge in [-0.15, -0.1) is 0 Å². The maximum Gasteiger partial charge on any atom is 0.278 e. The minimum Gasteiger partial charge on any atom is -0.379 e. The number of pyridine rings is 2. The molecule has 5 rings (SSSR count). The van der Waals surface area contributed by atoms with Gasteiger partial charge in [-0.2, -0.15) is 0 Å². The molecule has 1 amide bonds. The van der Waals surface area contributed by atoms with E-state index in [2.05, 4.69) is 4.90 Å². The van der Waals surface area contributed by atoms with Gasteiger partial charge in [0.2, 0.25) is 11.5 Å². The summed E-state index contributed by atoms with van der Waals surface area (Å²) in [6, 6.07) is 5.42. The van der Waals surface area contributed by atoms with Crippen LogP contribution in [0.15, 0.2) is 29.2 Å². The van der Waals surface area contributed by atoms with Crippen molar-refractivity contribution in [3.05, 3.63) is 45.9 Å². The molecule has 9 heteroatoms. The molecule has 2 saturated heterocycles. The third-order valence-corrected chi connectivity index (χ3v) is 6.79. The molecule has 2 fully saturated rings. The summed E-state index contributed by atoms with van der Waals surface area (Å²) in [4.78, 5) is 35.9. The number of aromatic nitrogens is 3. The second-order valence-corrected chi connectivity index (χ2v) is 8.94. The van der Waals surface area contributed by atoms with Gasteiger partial charge >= 0.3 is 0 Å². The number of likely N-dealkylation sites (tertiary alicyclic amines) is 1. The van der Waals surface area contributed by atoms with Crippen molar-refractivity contribution in [2.75, 3.05) is 51.7 Å². The number of morpholine rings is 1. The molecule has 0 unspecified atom stereocenters. The SMILES string of the molecule is Cc1cccn2c(=O)c3cc(C(=O)N4CCCCC4)c(N)[n+](CCN4CCOCC4)c3nc12. The highest BCUT2D eigenvalue weighted by molar-refractivity contribution is 6.00. The molecule has 3 aromatic heterocycles. The number of ether oxygens (including phenoxy) is 1. The van der Waals surface area contributed by atoms with Crippen LogP contribution in [0.25, 0.3) is 16.7 Å². The number of rotatable bonds is 4. The minimum absolute atomic E-state index is 0.108. The van der Waals surface area contributed by atoms with Crippen molar-refractivity contribution < 1.29 is 14.1 Å². The maximum atomic E-state index is 13.5. The minimum atomic E-state index is -0.188. The summed E-state index contributed by atoms with van der Waals surface area (Å²) in [5.41, 5.74) is 8.86. The Morgan fingerprint density at radius 1 is 1.18 bits per heavy atom. The van der Waals surface area contributed by atoms with E-state index in [1.165, 1.54) is 0 Å². The largest absolute Gasteiger partial charge is 0.379 e. The summed E-state index contributed by atoms with van der Waals surface area (Å²) in [7, 11) is 0. The Morgan fingerprint density at radius 3 is 2.70 bits per heavy atom. The Morgan fingerprint density at radius 2 is 1.94 bits per heavy atom. The topological polar surface area (TPSA) is 97.0 Å². The van der Waals surface area contributed by atoms with E-state index in [-0.39, 0.29) is 11.5 Å². The molecule has 0 spiro atoms. The number of fused-ring (bicyclic) bond motifs is 2. The monoisotopic (exact) mass is 451 g/mol. The normalized spacial score (nSPS) is 17.7. The molecule has 0 radical (unpaired) electrons. The molecule has 33 heavy (non-hydrogen) atoms. The second-order valence-electron chi connectivity index (χ2n) is 8.94. The average molecular weight is 452 g/mol. The number of anilines is 1. The zero-order chi connectivity index (χ0) is 22.9. The molecule has 2 aliphatic rings. The molecule has 0 bridgehead atoms. The summed E-state index contributed by atoms with van der Waals surface area (Å²) in [5, 5.41) is 0.412. The molecule has 0 saturated carbocycles. The lowest BCUT2D eigenvalue weighted by atomic mass is 10.1. The van der Waals surface area contributed by atoms with Crippen molar-refractivity contribution in [3.63, 3.8) is 0 Å². The van der Waals surface area contributed by atoms with Gasteiger partial charge in [0.05, 0.1) is 19.8 Å². The van der Waals surface area contributed by atoms with Crippen LogP contribution in [0, 0.1) is 6.92 Å². The predicted molar refractivity (Wildman–Crippen MR) is 125 cm³/mol. The molecule has 5 heterocycles. The van der Waals surface area contributed by atoms with Gasteiger partial charge in [0, 0.05) is 44.5 Å². The smallest absolute Gasteiger partial charge is 0.278 e. The van der Waals surface area contributed by atoms with Crippen LogP contribution in [0.2, 0.25) is 0 Å². The average Bonchev–Trinajstić information content (AvgIpc) is 2.85. The molecule has 9 nitrogen and oxygen atoms in total. The summed E-state index contributed by atoms with van der Waals surface area (Å²) < 4.78 is 8.87. The van der Waals surface area contributed by atoms with Crippen LogP contribution in [0.4, 0.5) is 5.82 Å². The Kier molecular flexibility index (Phi) is 5.99. The summed E-state index contributed by atoms with van der Waals surface area (Å²) in [6.07, 6.45) is 4.83. The zero-order valence-electron chi connectivity index (χ0n) is 19.1. The zero-order valence-corrected chi connectivity index (χ0v) is 19.1. The highest BCUT2D eigenvalue weighted by Gasteiger charge is 2.28. The van der Waals surface area contributed by atoms with Crippen LogP contribution >= 0.6 is 0 Å². The van der Waals surface area contributed by atoms with Crippen molar-refractivity contribution >= 4 is 28.4 Å². The van der Waals surface area contributed by atoms with Crippen molar-refractivity contribution in [2.45, 2.75) is 32.7 Å². The van der Waals surface area contributed by atoms with Crippen molar-refractivity contribution in [1.29, 1.82) is 0 Å². The lowest BCUT2D eigenvalue weighted by Gasteiger charge is -2.28. The molecular formula is C24H31N6O3+. The quantitative estimate of drug-likeness (QED) is 0.469. The number of aryl methyl sites for hydroxylation is 1. The number of nitrogen functional groups attached to an aromatic ring is 1. The molecular weight excluding hydrogens is 420 g/mol. The number of nitrogens with two attached hydrogens (primary N) is 1. The Labute approximate surface area is 192 Å². The predicted octanol–water partition coefficient (Wildman–Crippen LogP) is 0.984. The van der Waals surface area contributed by atoms with E-state index < -0.39 is 0 Å². The Balaban J connectivity index is 1.66. The van der Waals surface area contributed by atoms with Gasteiger partial charge in [0.25, 0.3) is 17.1 Å². The highest BCUT2D eigenvalue weighted by Crippen LogP contribution is 2.20. The van der Waals surface area contributed by atoms with E-state index in [4.69, 9.17) is 15.5 Å². The first-order valence-corrected chi connectivity index (χ1v) is 11.8. The van der Waals surface area contributed by atoms with E-state index in [9.17, 15) is 9.59 Å². The van der Waals surface area contributed by atoms with Gasteiger partial charge < -0.3 is 15.4 Å². The molecule has 2 aliphatic heterocycles. The van der Waals surface area contributed by atoms with Crippen LogP contribution in [0.5, 0.6) is 0 Å². The summed E-state index contributed by atoms with van der Waals surface area (Å²) >= 11 is 0.